The van der Waals surface area contributed by atoms with Gasteiger partial charge < -0.3 is 20.5 Å². The number of benzene rings is 2. The van der Waals surface area contributed by atoms with E-state index < -0.39 is 5.91 Å². The summed E-state index contributed by atoms with van der Waals surface area (Å²) in [6.07, 6.45) is 0. The number of thioether (sulfide) groups is 1. The van der Waals surface area contributed by atoms with Gasteiger partial charge in [0.1, 0.15) is 5.82 Å². The zero-order chi connectivity index (χ0) is 22.8. The molecule has 1 aliphatic heterocycles. The number of rotatable bonds is 6. The summed E-state index contributed by atoms with van der Waals surface area (Å²) < 4.78 is 12.7. The van der Waals surface area contributed by atoms with Gasteiger partial charge in [0.15, 0.2) is 18.1 Å². The van der Waals surface area contributed by atoms with E-state index in [4.69, 9.17) is 20.3 Å². The number of primary amides is 1. The quantitative estimate of drug-likeness (QED) is 0.595. The van der Waals surface area contributed by atoms with Gasteiger partial charge in [-0.3, -0.25) is 9.59 Å². The van der Waals surface area contributed by atoms with Crippen molar-refractivity contribution in [1.29, 1.82) is 0 Å². The van der Waals surface area contributed by atoms with Crippen molar-refractivity contribution in [2.24, 2.45) is 5.73 Å². The van der Waals surface area contributed by atoms with Crippen LogP contribution in [0.5, 0.6) is 11.5 Å². The monoisotopic (exact) mass is 452 g/mol. The van der Waals surface area contributed by atoms with E-state index in [9.17, 15) is 9.59 Å². The number of aryl methyl sites for hydroxylation is 2. The molecule has 9 heteroatoms. The van der Waals surface area contributed by atoms with E-state index in [1.54, 1.807) is 10.7 Å². The van der Waals surface area contributed by atoms with Crippen molar-refractivity contribution < 1.29 is 19.1 Å². The second-order valence-electron chi connectivity index (χ2n) is 7.45. The minimum absolute atomic E-state index is 0.0816. The Morgan fingerprint density at radius 3 is 2.75 bits per heavy atom. The molecule has 0 unspecified atom stereocenters. The summed E-state index contributed by atoms with van der Waals surface area (Å²) in [7, 11) is 1.54. The smallest absolute Gasteiger partial charge is 0.255 e. The molecular weight excluding hydrogens is 428 g/mol. The van der Waals surface area contributed by atoms with Crippen LogP contribution in [0.4, 0.5) is 5.82 Å². The number of aromatic nitrogens is 2. The van der Waals surface area contributed by atoms with Crippen LogP contribution < -0.4 is 20.5 Å². The zero-order valence-electron chi connectivity index (χ0n) is 18.0. The normalized spacial score (nSPS) is 15.5. The molecule has 0 bridgehead atoms. The summed E-state index contributed by atoms with van der Waals surface area (Å²) >= 11 is 1.52. The number of hydrogen-bond donors (Lipinski definition) is 2. The Bertz CT molecular complexity index is 1190. The van der Waals surface area contributed by atoms with Crippen molar-refractivity contribution in [2.45, 2.75) is 19.1 Å². The van der Waals surface area contributed by atoms with Gasteiger partial charge in [0.05, 0.1) is 29.5 Å². The van der Waals surface area contributed by atoms with E-state index in [1.165, 1.54) is 18.9 Å². The lowest BCUT2D eigenvalue weighted by molar-refractivity contribution is -0.120. The third-order valence-electron chi connectivity index (χ3n) is 5.21. The zero-order valence-corrected chi connectivity index (χ0v) is 18.9. The van der Waals surface area contributed by atoms with E-state index in [2.05, 4.69) is 5.32 Å². The topological polar surface area (TPSA) is 108 Å². The van der Waals surface area contributed by atoms with E-state index in [0.717, 1.165) is 28.1 Å². The van der Waals surface area contributed by atoms with E-state index in [0.29, 0.717) is 23.1 Å². The Morgan fingerprint density at radius 1 is 1.25 bits per heavy atom. The summed E-state index contributed by atoms with van der Waals surface area (Å²) in [6, 6.07) is 13.4. The maximum absolute atomic E-state index is 12.6. The third kappa shape index (κ3) is 4.16. The number of amides is 2. The molecule has 4 rings (SSSR count). The van der Waals surface area contributed by atoms with Crippen LogP contribution in [0.15, 0.2) is 42.5 Å². The number of para-hydroxylation sites is 1. The molecule has 3 aromatic rings. The van der Waals surface area contributed by atoms with Gasteiger partial charge in [-0.1, -0.05) is 24.3 Å². The molecule has 0 radical (unpaired) electrons. The molecule has 8 nitrogen and oxygen atoms in total. The van der Waals surface area contributed by atoms with Crippen molar-refractivity contribution in [1.82, 2.24) is 9.78 Å². The number of anilines is 1. The van der Waals surface area contributed by atoms with E-state index >= 15 is 0 Å². The van der Waals surface area contributed by atoms with Crippen LogP contribution in [-0.4, -0.2) is 41.1 Å². The SMILES string of the molecule is COc1cc([C@H]2SCC(=O)Nc3c2c(C)nn3-c2ccccc2C)ccc1OCC(N)=O. The van der Waals surface area contributed by atoms with Crippen molar-refractivity contribution in [3.63, 3.8) is 0 Å². The number of carbonyl (C=O) groups excluding carboxylic acids is 2. The molecule has 2 heterocycles. The molecule has 166 valence electrons. The number of methoxy groups -OCH3 is 1. The van der Waals surface area contributed by atoms with Crippen molar-refractivity contribution >= 4 is 29.4 Å². The Hall–Kier alpha value is -3.46. The number of nitrogens with two attached hydrogens (primary N) is 1. The maximum Gasteiger partial charge on any atom is 0.255 e. The highest BCUT2D eigenvalue weighted by Gasteiger charge is 2.31. The summed E-state index contributed by atoms with van der Waals surface area (Å²) in [5.41, 5.74) is 9.85. The maximum atomic E-state index is 12.6. The fourth-order valence-corrected chi connectivity index (χ4v) is 4.92. The van der Waals surface area contributed by atoms with E-state index in [-0.39, 0.29) is 17.8 Å². The minimum atomic E-state index is -0.566. The first kappa shape index (κ1) is 21.8. The molecule has 32 heavy (non-hydrogen) atoms. The molecule has 1 aromatic heterocycles. The van der Waals surface area contributed by atoms with Crippen LogP contribution in [0.1, 0.15) is 27.6 Å². The van der Waals surface area contributed by atoms with Crippen molar-refractivity contribution in [3.05, 3.63) is 64.8 Å². The lowest BCUT2D eigenvalue weighted by atomic mass is 10.0. The largest absolute Gasteiger partial charge is 0.493 e. The van der Waals surface area contributed by atoms with Gasteiger partial charge >= 0.3 is 0 Å². The molecule has 2 amide bonds. The number of nitrogens with zero attached hydrogens (tertiary/aromatic N) is 2. The summed E-state index contributed by atoms with van der Waals surface area (Å²) in [4.78, 5) is 23.6. The standard InChI is InChI=1S/C23H24N4O4S/c1-13-6-4-5-7-16(13)27-23-21(14(2)26-27)22(32-12-20(29)25-23)15-8-9-17(18(10-15)30-3)31-11-19(24)28/h4-10,22H,11-12H2,1-3H3,(H2,24,28)(H,25,29)/t22-/m1/s1. The summed E-state index contributed by atoms with van der Waals surface area (Å²) in [6.45, 7) is 3.72. The molecule has 1 aliphatic rings. The lowest BCUT2D eigenvalue weighted by Gasteiger charge is -2.18. The van der Waals surface area contributed by atoms with Gasteiger partial charge in [0.25, 0.3) is 5.91 Å². The van der Waals surface area contributed by atoms with Crippen LogP contribution >= 0.6 is 11.8 Å². The molecule has 0 aliphatic carbocycles. The number of ether oxygens (including phenoxy) is 2. The highest BCUT2D eigenvalue weighted by molar-refractivity contribution is 8.00. The Kier molecular flexibility index (Phi) is 6.09. The van der Waals surface area contributed by atoms with Gasteiger partial charge in [-0.2, -0.15) is 5.10 Å². The first-order valence-electron chi connectivity index (χ1n) is 10.0. The minimum Gasteiger partial charge on any atom is -0.493 e. The fraction of sp³-hybridized carbons (Fsp3) is 0.261. The number of nitrogens with one attached hydrogen (secondary N) is 1. The molecule has 3 N–H and O–H groups in total. The second kappa shape index (κ2) is 8.96. The molecule has 0 saturated carbocycles. The Labute approximate surface area is 190 Å². The molecule has 1 atom stereocenters. The second-order valence-corrected chi connectivity index (χ2v) is 8.54. The first-order valence-corrected chi connectivity index (χ1v) is 11.1. The lowest BCUT2D eigenvalue weighted by Crippen LogP contribution is -2.20. The van der Waals surface area contributed by atoms with Crippen LogP contribution in [-0.2, 0) is 9.59 Å². The number of hydrogen-bond acceptors (Lipinski definition) is 6. The number of carbonyl (C=O) groups is 2. The molecule has 0 fully saturated rings. The highest BCUT2D eigenvalue weighted by atomic mass is 32.2. The molecular formula is C23H24N4O4S. The van der Waals surface area contributed by atoms with Gasteiger partial charge in [-0.25, -0.2) is 4.68 Å². The fourth-order valence-electron chi connectivity index (χ4n) is 3.74. The average Bonchev–Trinajstić information content (AvgIpc) is 2.97. The Morgan fingerprint density at radius 2 is 2.03 bits per heavy atom. The predicted octanol–water partition coefficient (Wildman–Crippen LogP) is 3.14. The first-order chi connectivity index (χ1) is 15.4. The third-order valence-corrected chi connectivity index (χ3v) is 6.48. The van der Waals surface area contributed by atoms with Gasteiger partial charge in [0.2, 0.25) is 5.91 Å². The predicted molar refractivity (Wildman–Crippen MR) is 124 cm³/mol. The molecule has 0 spiro atoms. The van der Waals surface area contributed by atoms with Crippen LogP contribution in [0.25, 0.3) is 5.69 Å². The van der Waals surface area contributed by atoms with E-state index in [1.807, 2.05) is 50.2 Å². The summed E-state index contributed by atoms with van der Waals surface area (Å²) in [5, 5.41) is 7.66. The average molecular weight is 453 g/mol. The highest BCUT2D eigenvalue weighted by Crippen LogP contribution is 2.45. The van der Waals surface area contributed by atoms with Crippen LogP contribution in [0.3, 0.4) is 0 Å². The molecule has 0 saturated heterocycles. The van der Waals surface area contributed by atoms with Crippen molar-refractivity contribution in [2.75, 3.05) is 24.8 Å². The van der Waals surface area contributed by atoms with Gasteiger partial charge in [-0.15, -0.1) is 11.8 Å². The summed E-state index contributed by atoms with van der Waals surface area (Å²) in [5.74, 6) is 1.24. The van der Waals surface area contributed by atoms with Crippen LogP contribution in [0, 0.1) is 13.8 Å². The Balaban J connectivity index is 1.80. The molecule has 2 aromatic carbocycles. The number of fused-ring (bicyclic) bond motifs is 1. The van der Waals surface area contributed by atoms with Gasteiger partial charge in [-0.05, 0) is 43.2 Å². The van der Waals surface area contributed by atoms with Gasteiger partial charge in [0, 0.05) is 5.56 Å². The van der Waals surface area contributed by atoms with Crippen LogP contribution in [0.2, 0.25) is 0 Å². The van der Waals surface area contributed by atoms with Crippen molar-refractivity contribution in [3.8, 4) is 17.2 Å².